The summed E-state index contributed by atoms with van der Waals surface area (Å²) in [5.41, 5.74) is 6.55. The van der Waals surface area contributed by atoms with Crippen molar-refractivity contribution in [2.24, 2.45) is 5.73 Å². The van der Waals surface area contributed by atoms with Crippen molar-refractivity contribution < 1.29 is 14.3 Å². The molecule has 0 aliphatic carbocycles. The monoisotopic (exact) mass is 187 g/mol. The zero-order valence-corrected chi connectivity index (χ0v) is 8.42. The fourth-order valence-corrected chi connectivity index (χ4v) is 0.960. The highest BCUT2D eigenvalue weighted by Gasteiger charge is 2.17. The Balaban J connectivity index is 0.000000671. The lowest BCUT2D eigenvalue weighted by Gasteiger charge is -2.15. The molecule has 0 saturated carbocycles. The molecule has 0 unspecified atom stereocenters. The minimum absolute atomic E-state index is 0.338. The number of rotatable bonds is 1. The molecule has 4 heteroatoms. The van der Waals surface area contributed by atoms with E-state index in [2.05, 4.69) is 4.74 Å². The van der Waals surface area contributed by atoms with Crippen LogP contribution in [0.2, 0.25) is 0 Å². The lowest BCUT2D eigenvalue weighted by molar-refractivity contribution is -0.136. The van der Waals surface area contributed by atoms with Gasteiger partial charge in [0.15, 0.2) is 0 Å². The highest BCUT2D eigenvalue weighted by Crippen LogP contribution is 2.12. The topological polar surface area (TPSA) is 61.5 Å². The first-order chi connectivity index (χ1) is 6.25. The third kappa shape index (κ3) is 3.46. The molecule has 0 radical (unpaired) electrons. The molecule has 1 rings (SSSR count). The summed E-state index contributed by atoms with van der Waals surface area (Å²) in [7, 11) is 1.35. The summed E-state index contributed by atoms with van der Waals surface area (Å²) in [6.45, 7) is 4.88. The Kier molecular flexibility index (Phi) is 5.97. The second-order valence-electron chi connectivity index (χ2n) is 2.30. The maximum atomic E-state index is 11.0. The fourth-order valence-electron chi connectivity index (χ4n) is 0.960. The first-order valence-corrected chi connectivity index (χ1v) is 4.39. The summed E-state index contributed by atoms with van der Waals surface area (Å²) >= 11 is 0. The number of methoxy groups -OCH3 is 1. The average molecular weight is 187 g/mol. The van der Waals surface area contributed by atoms with E-state index in [0.29, 0.717) is 30.9 Å². The first-order valence-electron chi connectivity index (χ1n) is 4.39. The number of carbonyl (C=O) groups excluding carboxylic acids is 1. The van der Waals surface area contributed by atoms with Crippen LogP contribution in [0.25, 0.3) is 0 Å². The van der Waals surface area contributed by atoms with Crippen LogP contribution in [0.5, 0.6) is 0 Å². The number of ether oxygens (including phenoxy) is 2. The molecule has 13 heavy (non-hydrogen) atoms. The van der Waals surface area contributed by atoms with Gasteiger partial charge in [-0.15, -0.1) is 0 Å². The van der Waals surface area contributed by atoms with Gasteiger partial charge < -0.3 is 15.2 Å². The van der Waals surface area contributed by atoms with Crippen LogP contribution >= 0.6 is 0 Å². The van der Waals surface area contributed by atoms with E-state index in [-0.39, 0.29) is 5.97 Å². The van der Waals surface area contributed by atoms with Crippen molar-refractivity contribution in [3.63, 3.8) is 0 Å². The average Bonchev–Trinajstić information content (AvgIpc) is 2.20. The quantitative estimate of drug-likeness (QED) is 0.617. The van der Waals surface area contributed by atoms with E-state index < -0.39 is 0 Å². The molecule has 4 nitrogen and oxygen atoms in total. The van der Waals surface area contributed by atoms with Crippen LogP contribution in [0, 0.1) is 0 Å². The van der Waals surface area contributed by atoms with E-state index in [1.165, 1.54) is 7.11 Å². The molecule has 0 spiro atoms. The molecule has 0 fully saturated rings. The van der Waals surface area contributed by atoms with Gasteiger partial charge in [0.25, 0.3) is 0 Å². The second kappa shape index (κ2) is 6.48. The molecule has 1 aliphatic heterocycles. The fraction of sp³-hybridized carbons (Fsp3) is 0.667. The Morgan fingerprint density at radius 1 is 1.54 bits per heavy atom. The Morgan fingerprint density at radius 2 is 2.15 bits per heavy atom. The van der Waals surface area contributed by atoms with Crippen molar-refractivity contribution in [2.45, 2.75) is 20.3 Å². The van der Waals surface area contributed by atoms with Crippen LogP contribution in [-0.2, 0) is 14.3 Å². The first kappa shape index (κ1) is 12.0. The van der Waals surface area contributed by atoms with E-state index in [0.717, 1.165) is 0 Å². The minimum Gasteiger partial charge on any atom is -0.466 e. The van der Waals surface area contributed by atoms with E-state index in [1.807, 2.05) is 13.8 Å². The predicted molar refractivity (Wildman–Crippen MR) is 50.0 cm³/mol. The molecule has 76 valence electrons. The van der Waals surface area contributed by atoms with Crippen LogP contribution in [-0.4, -0.2) is 26.3 Å². The van der Waals surface area contributed by atoms with Gasteiger partial charge in [-0.2, -0.15) is 0 Å². The molecule has 0 aromatic heterocycles. The van der Waals surface area contributed by atoms with Crippen molar-refractivity contribution in [3.05, 3.63) is 11.3 Å². The summed E-state index contributed by atoms with van der Waals surface area (Å²) in [6, 6.07) is 0. The highest BCUT2D eigenvalue weighted by atomic mass is 16.5. The van der Waals surface area contributed by atoms with E-state index in [4.69, 9.17) is 10.5 Å². The van der Waals surface area contributed by atoms with Gasteiger partial charge in [0.1, 0.15) is 0 Å². The van der Waals surface area contributed by atoms with Crippen LogP contribution in [0.1, 0.15) is 20.3 Å². The Labute approximate surface area is 78.7 Å². The van der Waals surface area contributed by atoms with Crippen molar-refractivity contribution in [2.75, 3.05) is 20.3 Å². The summed E-state index contributed by atoms with van der Waals surface area (Å²) in [5.74, 6) is -0.342. The summed E-state index contributed by atoms with van der Waals surface area (Å²) in [4.78, 5) is 11.0. The van der Waals surface area contributed by atoms with Crippen LogP contribution in [0.3, 0.4) is 0 Å². The standard InChI is InChI=1S/C7H11NO3.C2H6/c1-10-7(9)5-2-3-11-4-6(5)8;1-2/h2-4,8H2,1H3;1-2H3. The lowest BCUT2D eigenvalue weighted by Crippen LogP contribution is -2.22. The molecule has 1 heterocycles. The van der Waals surface area contributed by atoms with E-state index in [9.17, 15) is 4.79 Å². The SMILES string of the molecule is CC.COC(=O)C1=C(N)COCC1. The van der Waals surface area contributed by atoms with Crippen LogP contribution in [0.15, 0.2) is 11.3 Å². The van der Waals surface area contributed by atoms with Crippen molar-refractivity contribution >= 4 is 5.97 Å². The van der Waals surface area contributed by atoms with E-state index >= 15 is 0 Å². The molecular formula is C9H17NO3. The van der Waals surface area contributed by atoms with Gasteiger partial charge in [-0.3, -0.25) is 0 Å². The van der Waals surface area contributed by atoms with Gasteiger partial charge in [0.05, 0.1) is 25.9 Å². The molecule has 0 aromatic rings. The molecule has 0 bridgehead atoms. The molecule has 2 N–H and O–H groups in total. The van der Waals surface area contributed by atoms with Gasteiger partial charge in [-0.1, -0.05) is 13.8 Å². The summed E-state index contributed by atoms with van der Waals surface area (Å²) in [6.07, 6.45) is 0.554. The summed E-state index contributed by atoms with van der Waals surface area (Å²) in [5, 5.41) is 0. The number of nitrogens with two attached hydrogens (primary N) is 1. The number of hydrogen-bond donors (Lipinski definition) is 1. The van der Waals surface area contributed by atoms with Gasteiger partial charge >= 0.3 is 5.97 Å². The van der Waals surface area contributed by atoms with Crippen molar-refractivity contribution in [1.29, 1.82) is 0 Å². The molecular weight excluding hydrogens is 170 g/mol. The van der Waals surface area contributed by atoms with E-state index in [1.54, 1.807) is 0 Å². The van der Waals surface area contributed by atoms with Gasteiger partial charge in [-0.25, -0.2) is 4.79 Å². The van der Waals surface area contributed by atoms with Crippen molar-refractivity contribution in [1.82, 2.24) is 0 Å². The van der Waals surface area contributed by atoms with Gasteiger partial charge in [-0.05, 0) is 0 Å². The zero-order valence-electron chi connectivity index (χ0n) is 8.42. The number of hydrogen-bond acceptors (Lipinski definition) is 4. The normalized spacial score (nSPS) is 15.9. The molecule has 0 saturated heterocycles. The third-order valence-corrected chi connectivity index (χ3v) is 1.57. The second-order valence-corrected chi connectivity index (χ2v) is 2.30. The lowest BCUT2D eigenvalue weighted by atomic mass is 10.1. The Hall–Kier alpha value is -1.03. The molecule has 0 atom stereocenters. The maximum Gasteiger partial charge on any atom is 0.335 e. The zero-order chi connectivity index (χ0) is 10.3. The van der Waals surface area contributed by atoms with Crippen molar-refractivity contribution in [3.8, 4) is 0 Å². The molecule has 0 amide bonds. The maximum absolute atomic E-state index is 11.0. The third-order valence-electron chi connectivity index (χ3n) is 1.57. The predicted octanol–water partition coefficient (Wildman–Crippen LogP) is 0.819. The minimum atomic E-state index is -0.342. The Bertz CT molecular complexity index is 199. The number of esters is 1. The number of carbonyl (C=O) groups is 1. The van der Waals surface area contributed by atoms with Gasteiger partial charge in [0, 0.05) is 12.1 Å². The molecule has 1 aliphatic rings. The van der Waals surface area contributed by atoms with Crippen LogP contribution < -0.4 is 5.73 Å². The highest BCUT2D eigenvalue weighted by molar-refractivity contribution is 5.89. The molecule has 0 aromatic carbocycles. The summed E-state index contributed by atoms with van der Waals surface area (Å²) < 4.78 is 9.54. The largest absolute Gasteiger partial charge is 0.466 e. The Morgan fingerprint density at radius 3 is 2.62 bits per heavy atom. The smallest absolute Gasteiger partial charge is 0.335 e. The van der Waals surface area contributed by atoms with Gasteiger partial charge in [0.2, 0.25) is 0 Å². The van der Waals surface area contributed by atoms with Crippen LogP contribution in [0.4, 0.5) is 0 Å².